The first kappa shape index (κ1) is 17.4. The zero-order valence-electron chi connectivity index (χ0n) is 15.0. The fraction of sp³-hybridized carbons (Fsp3) is 0.333. The Morgan fingerprint density at radius 2 is 1.89 bits per heavy atom. The van der Waals surface area contributed by atoms with Crippen molar-refractivity contribution in [2.24, 2.45) is 11.8 Å². The minimum Gasteiger partial charge on any atom is -0.454 e. The third-order valence-corrected chi connectivity index (χ3v) is 4.89. The highest BCUT2D eigenvalue weighted by atomic mass is 16.7. The van der Waals surface area contributed by atoms with Crippen molar-refractivity contribution in [3.63, 3.8) is 0 Å². The zero-order chi connectivity index (χ0) is 18.8. The summed E-state index contributed by atoms with van der Waals surface area (Å²) in [5.41, 5.74) is 1.53. The van der Waals surface area contributed by atoms with Crippen LogP contribution in [0.5, 0.6) is 11.5 Å². The molecule has 2 aromatic carbocycles. The highest BCUT2D eigenvalue weighted by Crippen LogP contribution is 2.39. The largest absolute Gasteiger partial charge is 0.454 e. The molecule has 0 unspecified atom stereocenters. The predicted octanol–water partition coefficient (Wildman–Crippen LogP) is 2.97. The van der Waals surface area contributed by atoms with Crippen molar-refractivity contribution in [1.82, 2.24) is 5.32 Å². The van der Waals surface area contributed by atoms with Crippen molar-refractivity contribution in [2.45, 2.75) is 26.0 Å². The summed E-state index contributed by atoms with van der Waals surface area (Å²) in [6, 6.07) is 14.6. The van der Waals surface area contributed by atoms with E-state index in [1.165, 1.54) is 0 Å². The highest BCUT2D eigenvalue weighted by Gasteiger charge is 2.42. The van der Waals surface area contributed by atoms with Gasteiger partial charge in [0.2, 0.25) is 12.9 Å². The molecule has 0 bridgehead atoms. The first-order valence-corrected chi connectivity index (χ1v) is 9.03. The summed E-state index contributed by atoms with van der Waals surface area (Å²) < 4.78 is 16.2. The third-order valence-electron chi connectivity index (χ3n) is 4.89. The molecular formula is C21H21NO5. The Hall–Kier alpha value is -3.02. The standard InChI is InChI=1S/C21H21NO5/c1-13-9-16(13)21(24)27-19(15-5-3-2-4-6-15)20(23)22-11-14-7-8-17-18(10-14)26-12-25-17/h2-8,10,13,16,19H,9,11-12H2,1H3,(H,22,23)/t13-,16-,19+/m1/s1. The van der Waals surface area contributed by atoms with Crippen LogP contribution in [0.4, 0.5) is 0 Å². The van der Waals surface area contributed by atoms with Crippen LogP contribution in [0.25, 0.3) is 0 Å². The molecule has 1 amide bonds. The lowest BCUT2D eigenvalue weighted by atomic mass is 10.1. The second kappa shape index (κ2) is 7.31. The molecule has 1 N–H and O–H groups in total. The summed E-state index contributed by atoms with van der Waals surface area (Å²) >= 11 is 0. The Morgan fingerprint density at radius 3 is 2.63 bits per heavy atom. The number of benzene rings is 2. The Balaban J connectivity index is 1.44. The number of hydrogen-bond acceptors (Lipinski definition) is 5. The lowest BCUT2D eigenvalue weighted by Gasteiger charge is -2.18. The van der Waals surface area contributed by atoms with E-state index in [9.17, 15) is 9.59 Å². The molecule has 0 radical (unpaired) electrons. The van der Waals surface area contributed by atoms with Gasteiger partial charge in [0.1, 0.15) is 0 Å². The van der Waals surface area contributed by atoms with Gasteiger partial charge in [0.25, 0.3) is 5.91 Å². The van der Waals surface area contributed by atoms with E-state index in [-0.39, 0.29) is 24.6 Å². The van der Waals surface area contributed by atoms with Crippen molar-refractivity contribution < 1.29 is 23.8 Å². The van der Waals surface area contributed by atoms with Crippen molar-refractivity contribution in [3.8, 4) is 11.5 Å². The average molecular weight is 367 g/mol. The molecule has 1 saturated carbocycles. The number of ether oxygens (including phenoxy) is 3. The zero-order valence-corrected chi connectivity index (χ0v) is 15.0. The topological polar surface area (TPSA) is 73.9 Å². The van der Waals surface area contributed by atoms with Crippen LogP contribution >= 0.6 is 0 Å². The monoisotopic (exact) mass is 367 g/mol. The molecule has 4 rings (SSSR count). The van der Waals surface area contributed by atoms with Crippen LogP contribution in [0.2, 0.25) is 0 Å². The normalized spacial score (nSPS) is 20.6. The van der Waals surface area contributed by atoms with Crippen LogP contribution in [0, 0.1) is 11.8 Å². The van der Waals surface area contributed by atoms with Gasteiger partial charge in [-0.2, -0.15) is 0 Å². The van der Waals surface area contributed by atoms with Crippen LogP contribution in [0.1, 0.15) is 30.6 Å². The maximum atomic E-state index is 12.8. The minimum absolute atomic E-state index is 0.0992. The lowest BCUT2D eigenvalue weighted by Crippen LogP contribution is -2.32. The molecule has 0 saturated heterocycles. The Labute approximate surface area is 157 Å². The number of carbonyl (C=O) groups is 2. The van der Waals surface area contributed by atoms with Crippen LogP contribution in [0.15, 0.2) is 48.5 Å². The van der Waals surface area contributed by atoms with Crippen molar-refractivity contribution in [1.29, 1.82) is 0 Å². The lowest BCUT2D eigenvalue weighted by molar-refractivity contribution is -0.158. The molecule has 2 aromatic rings. The van der Waals surface area contributed by atoms with Gasteiger partial charge >= 0.3 is 5.97 Å². The number of rotatable bonds is 6. The number of fused-ring (bicyclic) bond motifs is 1. The molecule has 1 aliphatic heterocycles. The van der Waals surface area contributed by atoms with Crippen LogP contribution in [-0.4, -0.2) is 18.7 Å². The van der Waals surface area contributed by atoms with Gasteiger partial charge in [-0.25, -0.2) is 0 Å². The van der Waals surface area contributed by atoms with Gasteiger partial charge in [-0.05, 0) is 30.0 Å². The summed E-state index contributed by atoms with van der Waals surface area (Å²) in [4.78, 5) is 25.0. The van der Waals surface area contributed by atoms with Gasteiger partial charge < -0.3 is 19.5 Å². The molecule has 0 aromatic heterocycles. The fourth-order valence-corrected chi connectivity index (χ4v) is 3.09. The summed E-state index contributed by atoms with van der Waals surface area (Å²) in [7, 11) is 0. The number of nitrogens with one attached hydrogen (secondary N) is 1. The number of esters is 1. The average Bonchev–Trinajstić information content (AvgIpc) is 3.24. The van der Waals surface area contributed by atoms with Gasteiger partial charge in [-0.3, -0.25) is 9.59 Å². The highest BCUT2D eigenvalue weighted by molar-refractivity contribution is 5.86. The Bertz CT molecular complexity index is 851. The number of amides is 1. The van der Waals surface area contributed by atoms with Crippen LogP contribution in [0.3, 0.4) is 0 Å². The van der Waals surface area contributed by atoms with E-state index >= 15 is 0 Å². The first-order valence-electron chi connectivity index (χ1n) is 9.03. The summed E-state index contributed by atoms with van der Waals surface area (Å²) in [6.45, 7) is 2.51. The van der Waals surface area contributed by atoms with E-state index in [1.54, 1.807) is 12.1 Å². The van der Waals surface area contributed by atoms with Gasteiger partial charge in [0.05, 0.1) is 5.92 Å². The third kappa shape index (κ3) is 3.89. The molecule has 6 nitrogen and oxygen atoms in total. The van der Waals surface area contributed by atoms with E-state index in [0.29, 0.717) is 29.5 Å². The van der Waals surface area contributed by atoms with Crippen molar-refractivity contribution >= 4 is 11.9 Å². The fourth-order valence-electron chi connectivity index (χ4n) is 3.09. The number of hydrogen-bond donors (Lipinski definition) is 1. The van der Waals surface area contributed by atoms with E-state index in [1.807, 2.05) is 43.3 Å². The number of carbonyl (C=O) groups excluding carboxylic acids is 2. The van der Waals surface area contributed by atoms with Gasteiger partial charge in [-0.1, -0.05) is 43.3 Å². The molecule has 0 spiro atoms. The SMILES string of the molecule is C[C@@H]1C[C@H]1C(=O)O[C@H](C(=O)NCc1ccc2c(c1)OCO2)c1ccccc1. The molecule has 1 fully saturated rings. The smallest absolute Gasteiger partial charge is 0.310 e. The van der Waals surface area contributed by atoms with Crippen molar-refractivity contribution in [2.75, 3.05) is 6.79 Å². The molecule has 3 atom stereocenters. The Kier molecular flexibility index (Phi) is 4.71. The van der Waals surface area contributed by atoms with Crippen LogP contribution in [-0.2, 0) is 20.9 Å². The second-order valence-corrected chi connectivity index (χ2v) is 6.95. The summed E-state index contributed by atoms with van der Waals surface area (Å²) in [6.07, 6.45) is -0.139. The molecule has 1 aliphatic carbocycles. The predicted molar refractivity (Wildman–Crippen MR) is 97.0 cm³/mol. The quantitative estimate of drug-likeness (QED) is 0.795. The van der Waals surface area contributed by atoms with Gasteiger partial charge in [0.15, 0.2) is 11.5 Å². The van der Waals surface area contributed by atoms with E-state index in [2.05, 4.69) is 5.32 Å². The van der Waals surface area contributed by atoms with Crippen LogP contribution < -0.4 is 14.8 Å². The van der Waals surface area contributed by atoms with Gasteiger partial charge in [-0.15, -0.1) is 0 Å². The minimum atomic E-state index is -0.958. The molecule has 140 valence electrons. The van der Waals surface area contributed by atoms with Crippen molar-refractivity contribution in [3.05, 3.63) is 59.7 Å². The maximum absolute atomic E-state index is 12.8. The second-order valence-electron chi connectivity index (χ2n) is 6.95. The maximum Gasteiger partial charge on any atom is 0.310 e. The molecule has 1 heterocycles. The van der Waals surface area contributed by atoms with E-state index in [0.717, 1.165) is 12.0 Å². The Morgan fingerprint density at radius 1 is 1.15 bits per heavy atom. The summed E-state index contributed by atoms with van der Waals surface area (Å²) in [5.74, 6) is 0.925. The molecule has 6 heteroatoms. The molecule has 2 aliphatic rings. The van der Waals surface area contributed by atoms with Gasteiger partial charge in [0, 0.05) is 12.1 Å². The molecular weight excluding hydrogens is 346 g/mol. The van der Waals surface area contributed by atoms with E-state index < -0.39 is 6.10 Å². The first-order chi connectivity index (χ1) is 13.1. The summed E-state index contributed by atoms with van der Waals surface area (Å²) in [5, 5.41) is 2.85. The van der Waals surface area contributed by atoms with E-state index in [4.69, 9.17) is 14.2 Å². The molecule has 27 heavy (non-hydrogen) atoms.